The maximum atomic E-state index is 8.86. The molecule has 1 saturated carbocycles. The van der Waals surface area contributed by atoms with Crippen molar-refractivity contribution in [3.8, 4) is 0 Å². The summed E-state index contributed by atoms with van der Waals surface area (Å²) in [6.07, 6.45) is 0.765. The summed E-state index contributed by atoms with van der Waals surface area (Å²) in [6, 6.07) is 0.0648. The van der Waals surface area contributed by atoms with Crippen LogP contribution in [0.15, 0.2) is 0 Å². The van der Waals surface area contributed by atoms with Crippen LogP contribution in [0.1, 0.15) is 13.3 Å². The van der Waals surface area contributed by atoms with Crippen molar-refractivity contribution in [2.75, 3.05) is 0 Å². The molecule has 0 aromatic heterocycles. The second kappa shape index (κ2) is 1.46. The lowest BCUT2D eigenvalue weighted by molar-refractivity contribution is 0.0108. The van der Waals surface area contributed by atoms with Crippen molar-refractivity contribution in [1.82, 2.24) is 0 Å². The molecular weight excluding hydrogens is 90.1 g/mol. The molecule has 0 bridgehead atoms. The van der Waals surface area contributed by atoms with Crippen LogP contribution in [0.25, 0.3) is 0 Å². The first kappa shape index (κ1) is 5.06. The highest BCUT2D eigenvalue weighted by Crippen LogP contribution is 2.24. The minimum atomic E-state index is -0.222. The maximum absolute atomic E-state index is 8.86. The molecule has 0 heterocycles. The number of aliphatic hydroxyl groups excluding tert-OH is 1. The molecule has 2 nitrogen and oxygen atoms in total. The van der Waals surface area contributed by atoms with Gasteiger partial charge < -0.3 is 10.8 Å². The van der Waals surface area contributed by atoms with Gasteiger partial charge in [-0.3, -0.25) is 0 Å². The Morgan fingerprint density at radius 2 is 2.29 bits per heavy atom. The average Bonchev–Trinajstić information content (AvgIpc) is 1.68. The molecule has 1 fully saturated rings. The third-order valence-electron chi connectivity index (χ3n) is 1.67. The van der Waals surface area contributed by atoms with E-state index in [1.165, 1.54) is 0 Å². The molecule has 2 heteroatoms. The average molecular weight is 101 g/mol. The van der Waals surface area contributed by atoms with E-state index < -0.39 is 0 Å². The normalized spacial score (nSPS) is 51.0. The van der Waals surface area contributed by atoms with Crippen molar-refractivity contribution < 1.29 is 5.11 Å². The van der Waals surface area contributed by atoms with Gasteiger partial charge in [0.25, 0.3) is 0 Å². The van der Waals surface area contributed by atoms with Gasteiger partial charge in [-0.25, -0.2) is 0 Å². The second-order valence-corrected chi connectivity index (χ2v) is 2.37. The van der Waals surface area contributed by atoms with Gasteiger partial charge >= 0.3 is 0 Å². The monoisotopic (exact) mass is 101 g/mol. The van der Waals surface area contributed by atoms with E-state index in [1.54, 1.807) is 0 Å². The van der Waals surface area contributed by atoms with Gasteiger partial charge in [-0.15, -0.1) is 0 Å². The van der Waals surface area contributed by atoms with E-state index in [0.717, 1.165) is 6.42 Å². The van der Waals surface area contributed by atoms with Crippen LogP contribution in [0.2, 0.25) is 0 Å². The third-order valence-corrected chi connectivity index (χ3v) is 1.67. The fourth-order valence-corrected chi connectivity index (χ4v) is 0.934. The van der Waals surface area contributed by atoms with Crippen LogP contribution in [0.4, 0.5) is 0 Å². The van der Waals surface area contributed by atoms with Gasteiger partial charge in [0.15, 0.2) is 0 Å². The quantitative estimate of drug-likeness (QED) is 0.440. The number of aliphatic hydroxyl groups is 1. The van der Waals surface area contributed by atoms with E-state index in [9.17, 15) is 0 Å². The summed E-state index contributed by atoms with van der Waals surface area (Å²) in [5, 5.41) is 8.86. The molecule has 0 radical (unpaired) electrons. The van der Waals surface area contributed by atoms with E-state index in [-0.39, 0.29) is 12.1 Å². The Labute approximate surface area is 43.3 Å². The van der Waals surface area contributed by atoms with Gasteiger partial charge in [0.05, 0.1) is 6.10 Å². The first-order valence-corrected chi connectivity index (χ1v) is 2.65. The minimum absolute atomic E-state index is 0.0648. The lowest BCUT2D eigenvalue weighted by Gasteiger charge is -2.36. The van der Waals surface area contributed by atoms with Gasteiger partial charge in [0.1, 0.15) is 0 Å². The zero-order chi connectivity index (χ0) is 5.44. The SMILES string of the molecule is C[C@H]1C[C@H](N)C1O. The molecule has 0 amide bonds. The fraction of sp³-hybridized carbons (Fsp3) is 1.00. The van der Waals surface area contributed by atoms with E-state index in [1.807, 2.05) is 6.92 Å². The second-order valence-electron chi connectivity index (χ2n) is 2.37. The Balaban J connectivity index is 2.29. The minimum Gasteiger partial charge on any atom is -0.391 e. The highest BCUT2D eigenvalue weighted by Gasteiger charge is 2.32. The van der Waals surface area contributed by atoms with Crippen molar-refractivity contribution >= 4 is 0 Å². The third kappa shape index (κ3) is 0.640. The molecule has 1 aliphatic carbocycles. The van der Waals surface area contributed by atoms with Crippen LogP contribution >= 0.6 is 0 Å². The molecule has 3 N–H and O–H groups in total. The van der Waals surface area contributed by atoms with Crippen molar-refractivity contribution in [3.05, 3.63) is 0 Å². The predicted octanol–water partition coefficient (Wildman–Crippen LogP) is -0.286. The molecule has 0 aliphatic heterocycles. The lowest BCUT2D eigenvalue weighted by Crippen LogP contribution is -2.50. The number of hydrogen-bond donors (Lipinski definition) is 2. The van der Waals surface area contributed by atoms with Crippen molar-refractivity contribution in [3.63, 3.8) is 0 Å². The Morgan fingerprint density at radius 3 is 2.29 bits per heavy atom. The largest absolute Gasteiger partial charge is 0.391 e. The highest BCUT2D eigenvalue weighted by molar-refractivity contribution is 4.88. The van der Waals surface area contributed by atoms with Gasteiger partial charge in [0.2, 0.25) is 0 Å². The molecular formula is C5H11NO. The fourth-order valence-electron chi connectivity index (χ4n) is 0.934. The summed E-state index contributed by atoms with van der Waals surface area (Å²) in [7, 11) is 0. The molecule has 1 unspecified atom stereocenters. The Kier molecular flexibility index (Phi) is 1.05. The summed E-state index contributed by atoms with van der Waals surface area (Å²) in [5.74, 6) is 0.440. The Hall–Kier alpha value is -0.0800. The van der Waals surface area contributed by atoms with Crippen LogP contribution < -0.4 is 5.73 Å². The topological polar surface area (TPSA) is 46.2 Å². The summed E-state index contributed by atoms with van der Waals surface area (Å²) in [4.78, 5) is 0. The zero-order valence-electron chi connectivity index (χ0n) is 4.46. The molecule has 1 aliphatic rings. The predicted molar refractivity (Wildman–Crippen MR) is 27.8 cm³/mol. The molecule has 7 heavy (non-hydrogen) atoms. The van der Waals surface area contributed by atoms with Crippen LogP contribution in [0.5, 0.6) is 0 Å². The molecule has 3 atom stereocenters. The standard InChI is InChI=1S/C5H11NO/c1-3-2-4(6)5(3)7/h3-5,7H,2,6H2,1H3/t3-,4-,5?/m0/s1. The highest BCUT2D eigenvalue weighted by atomic mass is 16.3. The Bertz CT molecular complexity index is 66.5. The Morgan fingerprint density at radius 1 is 1.71 bits per heavy atom. The van der Waals surface area contributed by atoms with Crippen LogP contribution in [0, 0.1) is 5.92 Å². The first-order chi connectivity index (χ1) is 3.22. The molecule has 1 rings (SSSR count). The zero-order valence-corrected chi connectivity index (χ0v) is 4.46. The summed E-state index contributed by atoms with van der Waals surface area (Å²) >= 11 is 0. The van der Waals surface area contributed by atoms with Gasteiger partial charge in [0, 0.05) is 6.04 Å². The van der Waals surface area contributed by atoms with Crippen LogP contribution in [-0.2, 0) is 0 Å². The van der Waals surface area contributed by atoms with E-state index in [4.69, 9.17) is 10.8 Å². The van der Waals surface area contributed by atoms with E-state index >= 15 is 0 Å². The summed E-state index contributed by atoms with van der Waals surface area (Å²) in [5.41, 5.74) is 5.36. The number of hydrogen-bond acceptors (Lipinski definition) is 2. The summed E-state index contributed by atoms with van der Waals surface area (Å²) < 4.78 is 0. The number of nitrogens with two attached hydrogens (primary N) is 1. The maximum Gasteiger partial charge on any atom is 0.0717 e. The van der Waals surface area contributed by atoms with Gasteiger partial charge in [-0.05, 0) is 12.3 Å². The van der Waals surface area contributed by atoms with E-state index in [0.29, 0.717) is 5.92 Å². The van der Waals surface area contributed by atoms with Crippen molar-refractivity contribution in [2.45, 2.75) is 25.5 Å². The van der Waals surface area contributed by atoms with Gasteiger partial charge in [-0.2, -0.15) is 0 Å². The first-order valence-electron chi connectivity index (χ1n) is 2.65. The van der Waals surface area contributed by atoms with Gasteiger partial charge in [-0.1, -0.05) is 6.92 Å². The molecule has 0 spiro atoms. The van der Waals surface area contributed by atoms with Crippen LogP contribution in [-0.4, -0.2) is 17.3 Å². The van der Waals surface area contributed by atoms with Crippen LogP contribution in [0.3, 0.4) is 0 Å². The van der Waals surface area contributed by atoms with E-state index in [2.05, 4.69) is 0 Å². The molecule has 42 valence electrons. The lowest BCUT2D eigenvalue weighted by atomic mass is 9.79. The molecule has 0 aromatic carbocycles. The smallest absolute Gasteiger partial charge is 0.0717 e. The van der Waals surface area contributed by atoms with Crippen molar-refractivity contribution in [1.29, 1.82) is 0 Å². The molecule has 0 aromatic rings. The summed E-state index contributed by atoms with van der Waals surface area (Å²) in [6.45, 7) is 2.01. The molecule has 0 saturated heterocycles. The number of rotatable bonds is 0. The van der Waals surface area contributed by atoms with Crippen molar-refractivity contribution in [2.24, 2.45) is 11.7 Å².